The highest BCUT2D eigenvalue weighted by Gasteiger charge is 2.19. The maximum absolute atomic E-state index is 12.1. The van der Waals surface area contributed by atoms with Gasteiger partial charge in [0.15, 0.2) is 5.13 Å². The molecule has 0 aliphatic carbocycles. The third-order valence-corrected chi connectivity index (χ3v) is 5.33. The smallest absolute Gasteiger partial charge is 0.321 e. The zero-order chi connectivity index (χ0) is 19.4. The summed E-state index contributed by atoms with van der Waals surface area (Å²) in [4.78, 5) is 23.8. The molecule has 0 aromatic carbocycles. The first-order valence-corrected chi connectivity index (χ1v) is 9.97. The van der Waals surface area contributed by atoms with Gasteiger partial charge < -0.3 is 14.6 Å². The van der Waals surface area contributed by atoms with Crippen molar-refractivity contribution in [3.8, 4) is 0 Å². The van der Waals surface area contributed by atoms with Crippen LogP contribution in [0.2, 0.25) is 0 Å². The molecule has 146 valence electrons. The number of rotatable bonds is 4. The predicted molar refractivity (Wildman–Crippen MR) is 109 cm³/mol. The molecule has 2 amide bonds. The Kier molecular flexibility index (Phi) is 5.96. The van der Waals surface area contributed by atoms with Crippen LogP contribution in [-0.4, -0.2) is 47.1 Å². The molecule has 3 rings (SSSR count). The molecule has 2 aromatic rings. The van der Waals surface area contributed by atoms with Crippen molar-refractivity contribution in [1.29, 1.82) is 0 Å². The lowest BCUT2D eigenvalue weighted by Gasteiger charge is -2.29. The Labute approximate surface area is 163 Å². The second-order valence-electron chi connectivity index (χ2n) is 7.89. The summed E-state index contributed by atoms with van der Waals surface area (Å²) in [7, 11) is 2.10. The molecular formula is C19H27N5O2S. The van der Waals surface area contributed by atoms with E-state index >= 15 is 0 Å². The van der Waals surface area contributed by atoms with Crippen LogP contribution in [0, 0.1) is 0 Å². The van der Waals surface area contributed by atoms with Gasteiger partial charge in [-0.2, -0.15) is 0 Å². The summed E-state index contributed by atoms with van der Waals surface area (Å²) in [5.74, 6) is 1.40. The fourth-order valence-electron chi connectivity index (χ4n) is 2.76. The third kappa shape index (κ3) is 5.64. The van der Waals surface area contributed by atoms with Gasteiger partial charge in [-0.25, -0.2) is 14.8 Å². The summed E-state index contributed by atoms with van der Waals surface area (Å²) in [5, 5.41) is 6.40. The van der Waals surface area contributed by atoms with E-state index in [1.165, 1.54) is 11.3 Å². The summed E-state index contributed by atoms with van der Waals surface area (Å²) in [6.45, 7) is 8.26. The van der Waals surface area contributed by atoms with E-state index in [-0.39, 0.29) is 17.5 Å². The van der Waals surface area contributed by atoms with Crippen LogP contribution in [0.4, 0.5) is 9.93 Å². The second-order valence-corrected chi connectivity index (χ2v) is 8.95. The Morgan fingerprint density at radius 2 is 2.00 bits per heavy atom. The number of hydrogen-bond acceptors (Lipinski definition) is 6. The third-order valence-electron chi connectivity index (χ3n) is 4.45. The Balaban J connectivity index is 1.52. The first kappa shape index (κ1) is 19.6. The fraction of sp³-hybridized carbons (Fsp3) is 0.526. The van der Waals surface area contributed by atoms with Crippen LogP contribution < -0.4 is 10.6 Å². The summed E-state index contributed by atoms with van der Waals surface area (Å²) >= 11 is 1.41. The van der Waals surface area contributed by atoms with Crippen molar-refractivity contribution >= 4 is 34.7 Å². The average molecular weight is 390 g/mol. The standard InChI is InChI=1S/C19H27N5O2S/c1-19(2,3)15-12-20-16(26-15)6-5-14-11-21-18(27-14)23-17(25)22-13-7-9-24(4)10-8-13/h5-6,11-13H,7-10H2,1-4H3,(H2,21,22,23,25). The van der Waals surface area contributed by atoms with Crippen LogP contribution in [0.15, 0.2) is 16.8 Å². The summed E-state index contributed by atoms with van der Waals surface area (Å²) in [6.07, 6.45) is 9.12. The van der Waals surface area contributed by atoms with Gasteiger partial charge in [0, 0.05) is 28.6 Å². The molecule has 7 nitrogen and oxygen atoms in total. The number of anilines is 1. The minimum absolute atomic E-state index is 0.0677. The van der Waals surface area contributed by atoms with Crippen molar-refractivity contribution in [2.24, 2.45) is 0 Å². The molecule has 3 heterocycles. The number of piperidine rings is 1. The van der Waals surface area contributed by atoms with Gasteiger partial charge in [0.25, 0.3) is 0 Å². The van der Waals surface area contributed by atoms with Crippen molar-refractivity contribution < 1.29 is 9.21 Å². The highest BCUT2D eigenvalue weighted by atomic mass is 32.1. The second kappa shape index (κ2) is 8.22. The van der Waals surface area contributed by atoms with E-state index in [0.29, 0.717) is 11.0 Å². The largest absolute Gasteiger partial charge is 0.441 e. The van der Waals surface area contributed by atoms with Gasteiger partial charge in [0.1, 0.15) is 5.76 Å². The van der Waals surface area contributed by atoms with Gasteiger partial charge in [0.2, 0.25) is 5.89 Å². The normalized spacial score (nSPS) is 16.7. The predicted octanol–water partition coefficient (Wildman–Crippen LogP) is 3.81. The number of carbonyl (C=O) groups is 1. The Morgan fingerprint density at radius 3 is 2.67 bits per heavy atom. The molecule has 0 bridgehead atoms. The lowest BCUT2D eigenvalue weighted by molar-refractivity contribution is 0.221. The molecule has 2 N–H and O–H groups in total. The number of oxazole rings is 1. The van der Waals surface area contributed by atoms with Crippen LogP contribution in [0.3, 0.4) is 0 Å². The number of nitrogens with one attached hydrogen (secondary N) is 2. The summed E-state index contributed by atoms with van der Waals surface area (Å²) in [5.41, 5.74) is -0.0677. The number of nitrogens with zero attached hydrogens (tertiary/aromatic N) is 3. The topological polar surface area (TPSA) is 83.3 Å². The van der Waals surface area contributed by atoms with Crippen LogP contribution in [-0.2, 0) is 5.41 Å². The molecule has 0 spiro atoms. The van der Waals surface area contributed by atoms with Crippen LogP contribution in [0.5, 0.6) is 0 Å². The number of hydrogen-bond donors (Lipinski definition) is 2. The molecule has 0 unspecified atom stereocenters. The summed E-state index contributed by atoms with van der Waals surface area (Å²) < 4.78 is 5.74. The zero-order valence-corrected chi connectivity index (χ0v) is 17.1. The molecule has 1 aliphatic rings. The molecule has 1 saturated heterocycles. The zero-order valence-electron chi connectivity index (χ0n) is 16.3. The highest BCUT2D eigenvalue weighted by Crippen LogP contribution is 2.24. The van der Waals surface area contributed by atoms with Gasteiger partial charge in [-0.1, -0.05) is 32.1 Å². The number of thiazole rings is 1. The molecule has 0 atom stereocenters. The number of amides is 2. The molecule has 27 heavy (non-hydrogen) atoms. The van der Waals surface area contributed by atoms with E-state index in [1.807, 2.05) is 12.2 Å². The number of aromatic nitrogens is 2. The Morgan fingerprint density at radius 1 is 1.26 bits per heavy atom. The minimum atomic E-state index is -0.197. The molecule has 2 aromatic heterocycles. The maximum Gasteiger partial charge on any atom is 0.321 e. The average Bonchev–Trinajstić information content (AvgIpc) is 3.24. The minimum Gasteiger partial charge on any atom is -0.441 e. The van der Waals surface area contributed by atoms with Gasteiger partial charge in [-0.05, 0) is 39.1 Å². The first-order chi connectivity index (χ1) is 12.8. The molecule has 1 aliphatic heterocycles. The van der Waals surface area contributed by atoms with Crippen molar-refractivity contribution in [3.63, 3.8) is 0 Å². The summed E-state index contributed by atoms with van der Waals surface area (Å²) in [6, 6.07) is 0.0273. The monoisotopic (exact) mass is 389 g/mol. The van der Waals surface area contributed by atoms with E-state index in [2.05, 4.69) is 53.3 Å². The molecule has 0 radical (unpaired) electrons. The van der Waals surface area contributed by atoms with Crippen LogP contribution in [0.1, 0.15) is 50.1 Å². The number of likely N-dealkylation sites (tertiary alicyclic amines) is 1. The van der Waals surface area contributed by atoms with Crippen LogP contribution >= 0.6 is 11.3 Å². The van der Waals surface area contributed by atoms with E-state index in [4.69, 9.17) is 4.42 Å². The SMILES string of the molecule is CN1CCC(NC(=O)Nc2ncc(C=Cc3ncc(C(C)(C)C)o3)s2)CC1. The Hall–Kier alpha value is -2.19. The van der Waals surface area contributed by atoms with E-state index in [0.717, 1.165) is 36.6 Å². The first-order valence-electron chi connectivity index (χ1n) is 9.16. The van der Waals surface area contributed by atoms with Crippen molar-refractivity contribution in [3.05, 3.63) is 28.9 Å². The number of urea groups is 1. The Bertz CT molecular complexity index is 797. The van der Waals surface area contributed by atoms with Gasteiger partial charge in [0.05, 0.1) is 6.20 Å². The quantitative estimate of drug-likeness (QED) is 0.831. The molecule has 8 heteroatoms. The van der Waals surface area contributed by atoms with Crippen molar-refractivity contribution in [2.75, 3.05) is 25.5 Å². The highest BCUT2D eigenvalue weighted by molar-refractivity contribution is 7.16. The number of carbonyl (C=O) groups excluding carboxylic acids is 1. The molecular weight excluding hydrogens is 362 g/mol. The van der Waals surface area contributed by atoms with Gasteiger partial charge >= 0.3 is 6.03 Å². The fourth-order valence-corrected chi connectivity index (χ4v) is 3.47. The lowest BCUT2D eigenvalue weighted by atomic mass is 9.94. The van der Waals surface area contributed by atoms with Gasteiger partial charge in [-0.3, -0.25) is 5.32 Å². The van der Waals surface area contributed by atoms with E-state index < -0.39 is 0 Å². The van der Waals surface area contributed by atoms with Crippen molar-refractivity contribution in [1.82, 2.24) is 20.2 Å². The van der Waals surface area contributed by atoms with Gasteiger partial charge in [-0.15, -0.1) is 0 Å². The van der Waals surface area contributed by atoms with Crippen molar-refractivity contribution in [2.45, 2.75) is 45.1 Å². The lowest BCUT2D eigenvalue weighted by Crippen LogP contribution is -2.44. The van der Waals surface area contributed by atoms with Crippen LogP contribution in [0.25, 0.3) is 12.2 Å². The molecule has 1 fully saturated rings. The maximum atomic E-state index is 12.1. The van der Waals surface area contributed by atoms with E-state index in [9.17, 15) is 4.79 Å². The van der Waals surface area contributed by atoms with E-state index in [1.54, 1.807) is 12.4 Å². The molecule has 0 saturated carbocycles.